The Labute approximate surface area is 150 Å². The Morgan fingerprint density at radius 1 is 1.20 bits per heavy atom. The van der Waals surface area contributed by atoms with Crippen molar-refractivity contribution in [1.29, 1.82) is 0 Å². The molecule has 7 nitrogen and oxygen atoms in total. The van der Waals surface area contributed by atoms with Gasteiger partial charge in [0.15, 0.2) is 29.0 Å². The topological polar surface area (TPSA) is 71.8 Å². The van der Waals surface area contributed by atoms with Crippen molar-refractivity contribution in [3.63, 3.8) is 0 Å². The third kappa shape index (κ3) is 4.05. The van der Waals surface area contributed by atoms with Crippen LogP contribution in [-0.4, -0.2) is 51.1 Å². The SMILES string of the molecule is Cc1cn2c(nc1=O)O[C@@H]1[C@@H](O[Si](C)(C)C)[C@H](CO[Si](C)(C)C)O[C@@H]12. The van der Waals surface area contributed by atoms with E-state index in [4.69, 9.17) is 18.3 Å². The number of nitrogens with zero attached hydrogens (tertiary/aromatic N) is 2. The largest absolute Gasteiger partial charge is 0.454 e. The molecule has 3 rings (SSSR count). The van der Waals surface area contributed by atoms with Crippen molar-refractivity contribution in [2.45, 2.75) is 70.7 Å². The minimum Gasteiger partial charge on any atom is -0.454 e. The molecule has 0 amide bonds. The molecule has 1 aromatic heterocycles. The molecule has 2 aliphatic rings. The van der Waals surface area contributed by atoms with Crippen molar-refractivity contribution in [2.75, 3.05) is 6.61 Å². The molecular weight excluding hydrogens is 356 g/mol. The summed E-state index contributed by atoms with van der Waals surface area (Å²) in [7, 11) is -3.48. The Kier molecular flexibility index (Phi) is 4.74. The summed E-state index contributed by atoms with van der Waals surface area (Å²) in [6, 6.07) is 0.305. The van der Waals surface area contributed by atoms with E-state index in [1.54, 1.807) is 17.7 Å². The van der Waals surface area contributed by atoms with Crippen molar-refractivity contribution < 1.29 is 18.3 Å². The molecule has 0 N–H and O–H groups in total. The number of hydrogen-bond acceptors (Lipinski definition) is 6. The van der Waals surface area contributed by atoms with Gasteiger partial charge in [0, 0.05) is 11.8 Å². The van der Waals surface area contributed by atoms with Crippen LogP contribution in [0.3, 0.4) is 0 Å². The van der Waals surface area contributed by atoms with Gasteiger partial charge in [-0.2, -0.15) is 4.98 Å². The van der Waals surface area contributed by atoms with Crippen LogP contribution in [0.4, 0.5) is 0 Å². The molecule has 4 atom stereocenters. The monoisotopic (exact) mass is 384 g/mol. The zero-order valence-electron chi connectivity index (χ0n) is 16.0. The van der Waals surface area contributed by atoms with E-state index in [1.807, 2.05) is 0 Å². The number of aryl methyl sites for hydroxylation is 1. The molecule has 0 aromatic carbocycles. The van der Waals surface area contributed by atoms with Gasteiger partial charge in [0.25, 0.3) is 5.56 Å². The van der Waals surface area contributed by atoms with Crippen molar-refractivity contribution in [2.24, 2.45) is 0 Å². The third-order valence-corrected chi connectivity index (χ3v) is 6.07. The van der Waals surface area contributed by atoms with Crippen LogP contribution >= 0.6 is 0 Å². The molecule has 0 unspecified atom stereocenters. The highest BCUT2D eigenvalue weighted by Gasteiger charge is 2.53. The minimum absolute atomic E-state index is 0.193. The lowest BCUT2D eigenvalue weighted by Gasteiger charge is -2.30. The number of ether oxygens (including phenoxy) is 2. The molecule has 0 spiro atoms. The number of fused-ring (bicyclic) bond motifs is 3. The Morgan fingerprint density at radius 2 is 1.88 bits per heavy atom. The molecule has 0 saturated carbocycles. The fourth-order valence-electron chi connectivity index (χ4n) is 3.02. The fraction of sp³-hybridized carbons (Fsp3) is 0.750. The summed E-state index contributed by atoms with van der Waals surface area (Å²) in [4.78, 5) is 15.8. The van der Waals surface area contributed by atoms with E-state index in [2.05, 4.69) is 44.3 Å². The maximum Gasteiger partial charge on any atom is 0.302 e. The van der Waals surface area contributed by atoms with Crippen LogP contribution in [0.25, 0.3) is 0 Å². The molecule has 0 bridgehead atoms. The molecule has 3 heterocycles. The van der Waals surface area contributed by atoms with E-state index in [0.29, 0.717) is 18.2 Å². The molecule has 1 saturated heterocycles. The zero-order valence-corrected chi connectivity index (χ0v) is 18.0. The molecule has 1 aromatic rings. The average Bonchev–Trinajstić information content (AvgIpc) is 2.93. The van der Waals surface area contributed by atoms with Crippen molar-refractivity contribution in [3.8, 4) is 6.01 Å². The summed E-state index contributed by atoms with van der Waals surface area (Å²) < 4.78 is 26.5. The Morgan fingerprint density at radius 3 is 2.48 bits per heavy atom. The van der Waals surface area contributed by atoms with E-state index in [9.17, 15) is 4.79 Å². The lowest BCUT2D eigenvalue weighted by molar-refractivity contribution is -0.0368. The smallest absolute Gasteiger partial charge is 0.302 e. The highest BCUT2D eigenvalue weighted by atomic mass is 28.4. The molecule has 25 heavy (non-hydrogen) atoms. The predicted octanol–water partition coefficient (Wildman–Crippen LogP) is 2.28. The molecule has 2 aliphatic heterocycles. The summed E-state index contributed by atoms with van der Waals surface area (Å²) in [6.45, 7) is 15.1. The van der Waals surface area contributed by atoms with Crippen molar-refractivity contribution >= 4 is 16.6 Å². The molecular formula is C16H28N2O5Si2. The van der Waals surface area contributed by atoms with Crippen molar-refractivity contribution in [1.82, 2.24) is 9.55 Å². The van der Waals surface area contributed by atoms with Gasteiger partial charge in [-0.25, -0.2) is 0 Å². The quantitative estimate of drug-likeness (QED) is 0.725. The van der Waals surface area contributed by atoms with Gasteiger partial charge in [-0.3, -0.25) is 9.36 Å². The second-order valence-corrected chi connectivity index (χ2v) is 17.7. The van der Waals surface area contributed by atoms with Gasteiger partial charge in [-0.1, -0.05) is 0 Å². The molecule has 9 heteroatoms. The second-order valence-electron chi connectivity index (χ2n) is 8.68. The van der Waals surface area contributed by atoms with Crippen molar-refractivity contribution in [3.05, 3.63) is 22.1 Å². The Bertz CT molecular complexity index is 710. The lowest BCUT2D eigenvalue weighted by atomic mass is 10.1. The standard InChI is InChI=1S/C16H28N2O5Si2/c1-10-8-18-15-13(22-16(18)17-14(10)19)12(23-25(5,6)7)11(21-15)9-20-24(2,3)4/h8,11-13,15H,9H2,1-7H3/t11-,12-,13+,15-/m0/s1. The van der Waals surface area contributed by atoms with Crippen LogP contribution in [0.1, 0.15) is 11.8 Å². The molecule has 0 aliphatic carbocycles. The van der Waals surface area contributed by atoms with Gasteiger partial charge >= 0.3 is 6.01 Å². The van der Waals surface area contributed by atoms with Gasteiger partial charge in [0.2, 0.25) is 0 Å². The first-order chi connectivity index (χ1) is 11.4. The summed E-state index contributed by atoms with van der Waals surface area (Å²) in [5, 5.41) is 0. The molecule has 1 fully saturated rings. The average molecular weight is 385 g/mol. The number of rotatable bonds is 5. The highest BCUT2D eigenvalue weighted by Crippen LogP contribution is 2.41. The van der Waals surface area contributed by atoms with Gasteiger partial charge in [-0.15, -0.1) is 0 Å². The molecule has 140 valence electrons. The van der Waals surface area contributed by atoms with E-state index in [-0.39, 0.29) is 30.1 Å². The Balaban J connectivity index is 1.87. The van der Waals surface area contributed by atoms with Crippen LogP contribution in [-0.2, 0) is 13.6 Å². The van der Waals surface area contributed by atoms with Crippen LogP contribution in [0, 0.1) is 6.92 Å². The summed E-state index contributed by atoms with van der Waals surface area (Å²) >= 11 is 0. The summed E-state index contributed by atoms with van der Waals surface area (Å²) in [6.07, 6.45) is 0.684. The van der Waals surface area contributed by atoms with Crippen LogP contribution in [0.15, 0.2) is 11.0 Å². The van der Waals surface area contributed by atoms with Gasteiger partial charge in [0.05, 0.1) is 6.61 Å². The minimum atomic E-state index is -1.82. The summed E-state index contributed by atoms with van der Waals surface area (Å²) in [5.41, 5.74) is 0.300. The van der Waals surface area contributed by atoms with E-state index >= 15 is 0 Å². The summed E-state index contributed by atoms with van der Waals surface area (Å²) in [5.74, 6) is 0. The first-order valence-corrected chi connectivity index (χ1v) is 15.5. The van der Waals surface area contributed by atoms with Gasteiger partial charge in [-0.05, 0) is 46.2 Å². The fourth-order valence-corrected chi connectivity index (χ4v) is 4.78. The first kappa shape index (κ1) is 18.8. The second kappa shape index (κ2) is 6.31. The number of hydrogen-bond donors (Lipinski definition) is 0. The zero-order chi connectivity index (χ0) is 18.6. The normalized spacial score (nSPS) is 28.6. The van der Waals surface area contributed by atoms with Gasteiger partial charge in [0.1, 0.15) is 12.2 Å². The van der Waals surface area contributed by atoms with E-state index < -0.39 is 16.6 Å². The highest BCUT2D eigenvalue weighted by molar-refractivity contribution is 6.70. The molecule has 0 radical (unpaired) electrons. The third-order valence-electron chi connectivity index (χ3n) is 4.06. The van der Waals surface area contributed by atoms with Crippen LogP contribution in [0.2, 0.25) is 39.3 Å². The predicted molar refractivity (Wildman–Crippen MR) is 99.1 cm³/mol. The number of aromatic nitrogens is 2. The van der Waals surface area contributed by atoms with Crippen LogP contribution < -0.4 is 10.3 Å². The lowest BCUT2D eigenvalue weighted by Crippen LogP contribution is -2.46. The maximum atomic E-state index is 11.8. The van der Waals surface area contributed by atoms with E-state index in [0.717, 1.165) is 0 Å². The Hall–Kier alpha value is -1.01. The van der Waals surface area contributed by atoms with Crippen LogP contribution in [0.5, 0.6) is 6.01 Å². The maximum absolute atomic E-state index is 11.8. The van der Waals surface area contributed by atoms with Gasteiger partial charge < -0.3 is 18.3 Å². The van der Waals surface area contributed by atoms with E-state index in [1.165, 1.54) is 0 Å². The first-order valence-electron chi connectivity index (χ1n) is 8.68.